The van der Waals surface area contributed by atoms with Crippen LogP contribution in [0, 0.1) is 16.0 Å². The zero-order valence-corrected chi connectivity index (χ0v) is 32.5. The van der Waals surface area contributed by atoms with Gasteiger partial charge in [-0.2, -0.15) is 0 Å². The number of rotatable bonds is 25. The molecule has 0 saturated carbocycles. The molecule has 7 N–H and O–H groups in total. The molecule has 3 rings (SSSR count). The average Bonchev–Trinajstić information content (AvgIpc) is 3.19. The highest BCUT2D eigenvalue weighted by molar-refractivity contribution is 5.92. The Morgan fingerprint density at radius 2 is 1.09 bits per heavy atom. The molecule has 0 saturated heterocycles. The van der Waals surface area contributed by atoms with E-state index in [0.717, 1.165) is 12.0 Å². The Balaban J connectivity index is 1.47. The predicted molar refractivity (Wildman–Crippen MR) is 213 cm³/mol. The number of nitrogens with one attached hydrogen (secondary N) is 4. The number of carbonyl (C=O) groups is 6. The molecule has 0 bridgehead atoms. The second kappa shape index (κ2) is 23.7. The minimum atomic E-state index is -1.25. The van der Waals surface area contributed by atoms with Gasteiger partial charge in [-0.25, -0.2) is 4.79 Å². The fraction of sp³-hybridized carbons (Fsp3) is 0.429. The molecular formula is C42H54N6O9. The van der Waals surface area contributed by atoms with Gasteiger partial charge in [0.05, 0.1) is 4.92 Å². The van der Waals surface area contributed by atoms with Crippen LogP contribution in [-0.4, -0.2) is 69.7 Å². The van der Waals surface area contributed by atoms with Crippen LogP contribution in [0.2, 0.25) is 0 Å². The van der Waals surface area contributed by atoms with Crippen molar-refractivity contribution in [3.8, 4) is 0 Å². The first-order chi connectivity index (χ1) is 27.3. The second-order valence-corrected chi connectivity index (χ2v) is 14.2. The summed E-state index contributed by atoms with van der Waals surface area (Å²) in [6, 6.07) is 19.4. The van der Waals surface area contributed by atoms with Crippen LogP contribution in [0.1, 0.15) is 81.9 Å². The van der Waals surface area contributed by atoms with Gasteiger partial charge in [-0.1, -0.05) is 112 Å². The van der Waals surface area contributed by atoms with Crippen molar-refractivity contribution >= 4 is 41.2 Å². The summed E-state index contributed by atoms with van der Waals surface area (Å²) in [5.41, 5.74) is 7.52. The average molecular weight is 787 g/mol. The lowest BCUT2D eigenvalue weighted by molar-refractivity contribution is -0.384. The third kappa shape index (κ3) is 16.3. The Morgan fingerprint density at radius 1 is 0.632 bits per heavy atom. The van der Waals surface area contributed by atoms with Gasteiger partial charge in [0, 0.05) is 44.2 Å². The molecule has 3 aromatic rings. The van der Waals surface area contributed by atoms with Crippen molar-refractivity contribution in [2.45, 2.75) is 109 Å². The number of hydrogen-bond donors (Lipinski definition) is 6. The molecule has 0 aliphatic rings. The number of nitrogens with two attached hydrogens (primary N) is 1. The molecule has 3 aromatic carbocycles. The minimum Gasteiger partial charge on any atom is -0.480 e. The maximum absolute atomic E-state index is 13.4. The number of hydrogen-bond acceptors (Lipinski definition) is 8. The number of amides is 5. The molecule has 0 heterocycles. The van der Waals surface area contributed by atoms with Crippen LogP contribution in [0.5, 0.6) is 0 Å². The molecule has 5 atom stereocenters. The van der Waals surface area contributed by atoms with Crippen LogP contribution in [-0.2, 0) is 48.0 Å². The van der Waals surface area contributed by atoms with Crippen molar-refractivity contribution in [3.05, 3.63) is 112 Å². The van der Waals surface area contributed by atoms with Crippen molar-refractivity contribution in [1.29, 1.82) is 0 Å². The van der Waals surface area contributed by atoms with E-state index in [1.165, 1.54) is 24.3 Å². The second-order valence-electron chi connectivity index (χ2n) is 14.2. The lowest BCUT2D eigenvalue weighted by Gasteiger charge is -2.26. The van der Waals surface area contributed by atoms with E-state index in [9.17, 15) is 44.0 Å². The maximum atomic E-state index is 13.4. The molecule has 0 radical (unpaired) electrons. The highest BCUT2D eigenvalue weighted by Crippen LogP contribution is 2.15. The van der Waals surface area contributed by atoms with Gasteiger partial charge in [-0.15, -0.1) is 0 Å². The fourth-order valence-corrected chi connectivity index (χ4v) is 6.17. The molecule has 0 unspecified atom stereocenters. The normalized spacial score (nSPS) is 13.5. The van der Waals surface area contributed by atoms with E-state index < -0.39 is 58.7 Å². The van der Waals surface area contributed by atoms with Gasteiger partial charge in [0.1, 0.15) is 24.2 Å². The SMILES string of the molecule is CC[C@@H](C)[C@H](NC(=O)CCCCCCCC(=O)N[C@@H](Cc1ccc([N+](=O)[O-])cc1)C(=O)N[C@@H](Cc1ccccc1)C(=O)O)C(=O)N[C@@H](Cc1ccccc1)C(N)=O. The molecule has 15 nitrogen and oxygen atoms in total. The Kier molecular flexibility index (Phi) is 18.8. The van der Waals surface area contributed by atoms with Crippen LogP contribution >= 0.6 is 0 Å². The Labute approximate surface area is 332 Å². The van der Waals surface area contributed by atoms with Gasteiger partial charge in [0.2, 0.25) is 29.5 Å². The molecule has 0 aliphatic heterocycles. The third-order valence-corrected chi connectivity index (χ3v) is 9.70. The highest BCUT2D eigenvalue weighted by Gasteiger charge is 2.30. The predicted octanol–water partition coefficient (Wildman–Crippen LogP) is 3.91. The van der Waals surface area contributed by atoms with Gasteiger partial charge >= 0.3 is 5.97 Å². The maximum Gasteiger partial charge on any atom is 0.326 e. The summed E-state index contributed by atoms with van der Waals surface area (Å²) in [6.07, 6.45) is 4.27. The van der Waals surface area contributed by atoms with Gasteiger partial charge in [0.25, 0.3) is 5.69 Å². The molecule has 0 fully saturated rings. The Bertz CT molecular complexity index is 1790. The topological polar surface area (TPSA) is 240 Å². The zero-order chi connectivity index (χ0) is 41.7. The largest absolute Gasteiger partial charge is 0.480 e. The summed E-state index contributed by atoms with van der Waals surface area (Å²) >= 11 is 0. The van der Waals surface area contributed by atoms with Crippen LogP contribution in [0.25, 0.3) is 0 Å². The van der Waals surface area contributed by atoms with Crippen molar-refractivity contribution in [1.82, 2.24) is 21.3 Å². The zero-order valence-electron chi connectivity index (χ0n) is 32.5. The number of carbonyl (C=O) groups excluding carboxylic acids is 5. The molecule has 0 aromatic heterocycles. The first kappa shape index (κ1) is 45.3. The molecule has 57 heavy (non-hydrogen) atoms. The monoisotopic (exact) mass is 786 g/mol. The van der Waals surface area contributed by atoms with Crippen LogP contribution in [0.15, 0.2) is 84.9 Å². The first-order valence-corrected chi connectivity index (χ1v) is 19.3. The number of benzene rings is 3. The van der Waals surface area contributed by atoms with Crippen molar-refractivity contribution in [2.75, 3.05) is 0 Å². The van der Waals surface area contributed by atoms with E-state index >= 15 is 0 Å². The van der Waals surface area contributed by atoms with Gasteiger partial charge in [-0.05, 0) is 35.4 Å². The number of nitrogens with zero attached hydrogens (tertiary/aromatic N) is 1. The number of nitro groups is 1. The summed E-state index contributed by atoms with van der Waals surface area (Å²) in [5.74, 6) is -3.98. The quantitative estimate of drug-likeness (QED) is 0.0414. The number of non-ortho nitro benzene ring substituents is 1. The lowest BCUT2D eigenvalue weighted by atomic mass is 9.97. The molecule has 0 aliphatic carbocycles. The number of unbranched alkanes of at least 4 members (excludes halogenated alkanes) is 4. The van der Waals surface area contributed by atoms with E-state index in [1.54, 1.807) is 30.3 Å². The van der Waals surface area contributed by atoms with Crippen molar-refractivity contribution in [2.24, 2.45) is 11.7 Å². The van der Waals surface area contributed by atoms with Crippen LogP contribution in [0.3, 0.4) is 0 Å². The fourth-order valence-electron chi connectivity index (χ4n) is 6.17. The molecular weight excluding hydrogens is 732 g/mol. The summed E-state index contributed by atoms with van der Waals surface area (Å²) < 4.78 is 0. The lowest BCUT2D eigenvalue weighted by Crippen LogP contribution is -2.55. The molecule has 306 valence electrons. The molecule has 0 spiro atoms. The van der Waals surface area contributed by atoms with E-state index in [1.807, 2.05) is 44.2 Å². The summed E-state index contributed by atoms with van der Waals surface area (Å²) in [7, 11) is 0. The summed E-state index contributed by atoms with van der Waals surface area (Å²) in [6.45, 7) is 3.75. The Hall–Kier alpha value is -6.12. The summed E-state index contributed by atoms with van der Waals surface area (Å²) in [5, 5.41) is 31.7. The number of carboxylic acids is 1. The highest BCUT2D eigenvalue weighted by atomic mass is 16.6. The first-order valence-electron chi connectivity index (χ1n) is 19.3. The van der Waals surface area contributed by atoms with Crippen molar-refractivity contribution in [3.63, 3.8) is 0 Å². The smallest absolute Gasteiger partial charge is 0.326 e. The van der Waals surface area contributed by atoms with Gasteiger partial charge in [0.15, 0.2) is 0 Å². The van der Waals surface area contributed by atoms with Gasteiger partial charge in [-0.3, -0.25) is 34.1 Å². The number of nitro benzene ring substituents is 1. The molecule has 15 heteroatoms. The van der Waals surface area contributed by atoms with Crippen LogP contribution < -0.4 is 27.0 Å². The number of primary amides is 1. The number of aliphatic carboxylic acids is 1. The van der Waals surface area contributed by atoms with E-state index in [4.69, 9.17) is 5.73 Å². The van der Waals surface area contributed by atoms with Crippen LogP contribution in [0.4, 0.5) is 5.69 Å². The third-order valence-electron chi connectivity index (χ3n) is 9.70. The van der Waals surface area contributed by atoms with Crippen molar-refractivity contribution < 1.29 is 38.8 Å². The number of carboxylic acid groups (broad SMARTS) is 1. The molecule has 5 amide bonds. The van der Waals surface area contributed by atoms with E-state index in [0.29, 0.717) is 43.2 Å². The Morgan fingerprint density at radius 3 is 1.58 bits per heavy atom. The minimum absolute atomic E-state index is 0.0196. The van der Waals surface area contributed by atoms with E-state index in [-0.39, 0.29) is 49.6 Å². The van der Waals surface area contributed by atoms with E-state index in [2.05, 4.69) is 21.3 Å². The standard InChI is InChI=1S/C42H54N6O9/c1-3-28(2)38(41(53)45-33(39(43)51)25-29-15-9-7-10-16-29)47-37(50)20-14-6-4-5-13-19-36(49)44-34(26-31-21-23-32(24-22-31)48(56)57)40(52)46-35(42(54)55)27-30-17-11-8-12-18-30/h7-12,15-18,21-24,28,33-35,38H,3-6,13-14,19-20,25-27H2,1-2H3,(H2,43,51)(H,44,49)(H,45,53)(H,46,52)(H,47,50)(H,54,55)/t28-,33+,34+,35+,38+/m1/s1. The van der Waals surface area contributed by atoms with Gasteiger partial charge < -0.3 is 32.1 Å². The summed E-state index contributed by atoms with van der Waals surface area (Å²) in [4.78, 5) is 87.2.